The maximum atomic E-state index is 14.7. The van der Waals surface area contributed by atoms with Crippen LogP contribution in [-0.4, -0.2) is 137 Å². The smallest absolute Gasteiger partial charge is 0.284 e. The van der Waals surface area contributed by atoms with Crippen LogP contribution in [0.1, 0.15) is 110 Å². The number of ether oxygens (including phenoxy) is 2. The van der Waals surface area contributed by atoms with Crippen LogP contribution in [0.25, 0.3) is 16.6 Å². The predicted molar refractivity (Wildman–Crippen MR) is 247 cm³/mol. The first-order valence-corrected chi connectivity index (χ1v) is 25.4. The molecule has 11 rings (SSSR count). The zero-order chi connectivity index (χ0) is 46.5. The molecule has 3 atom stereocenters. The quantitative estimate of drug-likeness (QED) is 0.0627. The van der Waals surface area contributed by atoms with E-state index in [2.05, 4.69) is 47.8 Å². The standard InChI is InChI=1S/C47H55F3N12O5Si/c48-44(49)42-36(53-47(65)35-19-51-60-17-15-39(54-45(35)60)59-21-29(22-59)52-30-25-66-26-30)23-61(56-42)31-8-6-27(7-9-31)20-58-16-14-37(38(24-58)68-50)67-18-2-4-28-3-1-5-33-41(34-12-13-40(63)55-46(34)64)57-62(43(28)33)32-10-11-32/h1,3,5,15,17,19,23,27,29-32,34,37-38,44,52H,6-14,16,18,20-22,24-26,68H2,(H,53,65)(H,55,63,64)/t27-,31-,34?,37-,38?/m0/s1. The summed E-state index contributed by atoms with van der Waals surface area (Å²) < 4.78 is 60.0. The van der Waals surface area contributed by atoms with Crippen molar-refractivity contribution in [2.75, 3.05) is 62.8 Å². The lowest BCUT2D eigenvalue weighted by atomic mass is 9.85. The molecular formula is C47H55F3N12O5Si. The molecule has 4 aliphatic heterocycles. The number of rotatable bonds is 14. The molecule has 4 saturated heterocycles. The van der Waals surface area contributed by atoms with Gasteiger partial charge in [-0.05, 0) is 69.4 Å². The number of hydrogen-bond donors (Lipinski definition) is 3. The first-order valence-electron chi connectivity index (χ1n) is 24.0. The highest BCUT2D eigenvalue weighted by Gasteiger charge is 2.37. The number of amides is 3. The third kappa shape index (κ3) is 9.15. The molecule has 2 unspecified atom stereocenters. The molecule has 1 aromatic carbocycles. The third-order valence-corrected chi connectivity index (χ3v) is 15.8. The molecule has 17 nitrogen and oxygen atoms in total. The van der Waals surface area contributed by atoms with Gasteiger partial charge in [-0.1, -0.05) is 24.0 Å². The topological polar surface area (TPSA) is 178 Å². The summed E-state index contributed by atoms with van der Waals surface area (Å²) in [5, 5.41) is 23.0. The van der Waals surface area contributed by atoms with Crippen LogP contribution in [-0.2, 0) is 19.1 Å². The van der Waals surface area contributed by atoms with Gasteiger partial charge < -0.3 is 34.0 Å². The fourth-order valence-electron chi connectivity index (χ4n) is 10.6. The van der Waals surface area contributed by atoms with Gasteiger partial charge in [0.2, 0.25) is 21.7 Å². The minimum absolute atomic E-state index is 0.0317. The number of benzene rings is 1. The van der Waals surface area contributed by atoms with E-state index in [1.165, 1.54) is 16.9 Å². The fourth-order valence-corrected chi connectivity index (χ4v) is 11.7. The van der Waals surface area contributed by atoms with Crippen molar-refractivity contribution in [2.24, 2.45) is 5.92 Å². The lowest BCUT2D eigenvalue weighted by molar-refractivity contribution is -0.134. The van der Waals surface area contributed by atoms with Crippen molar-refractivity contribution in [2.45, 2.75) is 106 Å². The van der Waals surface area contributed by atoms with Crippen LogP contribution in [0.3, 0.4) is 0 Å². The van der Waals surface area contributed by atoms with Gasteiger partial charge in [0.05, 0.1) is 72.0 Å². The highest BCUT2D eigenvalue weighted by molar-refractivity contribution is 6.29. The second kappa shape index (κ2) is 19.0. The molecule has 6 aliphatic rings. The number of hydrogen-bond acceptors (Lipinski definition) is 12. The van der Waals surface area contributed by atoms with E-state index in [1.54, 1.807) is 10.9 Å². The first-order chi connectivity index (χ1) is 33.1. The Kier molecular flexibility index (Phi) is 12.5. The second-order valence-electron chi connectivity index (χ2n) is 19.3. The molecule has 0 spiro atoms. The Morgan fingerprint density at radius 1 is 1.00 bits per heavy atom. The van der Waals surface area contributed by atoms with Gasteiger partial charge in [-0.3, -0.25) is 29.1 Å². The maximum Gasteiger partial charge on any atom is 0.284 e. The van der Waals surface area contributed by atoms with Gasteiger partial charge in [0.1, 0.15) is 18.0 Å². The third-order valence-electron chi connectivity index (χ3n) is 14.6. The number of nitrogens with one attached hydrogen (secondary N) is 3. The molecule has 2 aliphatic carbocycles. The van der Waals surface area contributed by atoms with Crippen LogP contribution in [0.5, 0.6) is 0 Å². The Bertz CT molecular complexity index is 2770. The number of fused-ring (bicyclic) bond motifs is 2. The Labute approximate surface area is 392 Å². The number of para-hydroxylation sites is 1. The largest absolute Gasteiger partial charge is 0.378 e. The summed E-state index contributed by atoms with van der Waals surface area (Å²) in [6.07, 6.45) is 8.25. The highest BCUT2D eigenvalue weighted by atomic mass is 28.3. The molecule has 358 valence electrons. The summed E-state index contributed by atoms with van der Waals surface area (Å²) in [7, 11) is -1.88. The molecule has 0 radical (unpaired) electrons. The average Bonchev–Trinajstić information content (AvgIpc) is 3.73. The number of halogens is 3. The number of anilines is 2. The van der Waals surface area contributed by atoms with Gasteiger partial charge in [0.15, 0.2) is 11.3 Å². The van der Waals surface area contributed by atoms with Crippen LogP contribution < -0.4 is 20.9 Å². The van der Waals surface area contributed by atoms with E-state index >= 15 is 0 Å². The Balaban J connectivity index is 0.667. The van der Waals surface area contributed by atoms with Gasteiger partial charge in [0.25, 0.3) is 12.3 Å². The molecule has 5 aromatic rings. The summed E-state index contributed by atoms with van der Waals surface area (Å²) >= 11 is 0. The summed E-state index contributed by atoms with van der Waals surface area (Å²) in [6, 6.07) is 8.55. The predicted octanol–water partition coefficient (Wildman–Crippen LogP) is 4.21. The number of carbonyl (C=O) groups excluding carboxylic acids is 3. The molecule has 8 heterocycles. The van der Waals surface area contributed by atoms with Crippen LogP contribution in [0, 0.1) is 17.8 Å². The van der Waals surface area contributed by atoms with E-state index in [-0.39, 0.29) is 59.8 Å². The highest BCUT2D eigenvalue weighted by Crippen LogP contribution is 2.41. The van der Waals surface area contributed by atoms with Gasteiger partial charge in [0, 0.05) is 68.5 Å². The van der Waals surface area contributed by atoms with E-state index in [4.69, 9.17) is 19.6 Å². The van der Waals surface area contributed by atoms with Crippen molar-refractivity contribution in [3.63, 3.8) is 0 Å². The number of nitrogens with zero attached hydrogens (tertiary/aromatic N) is 9. The van der Waals surface area contributed by atoms with E-state index in [1.807, 2.05) is 28.9 Å². The maximum absolute atomic E-state index is 14.7. The fraction of sp³-hybridized carbons (Fsp3) is 0.553. The number of alkyl halides is 2. The number of likely N-dealkylation sites (tertiary alicyclic amines) is 1. The summed E-state index contributed by atoms with van der Waals surface area (Å²) in [4.78, 5) is 47.4. The summed E-state index contributed by atoms with van der Waals surface area (Å²) in [6.45, 7) is 5.44. The van der Waals surface area contributed by atoms with Gasteiger partial charge >= 0.3 is 0 Å². The minimum atomic E-state index is -2.89. The second-order valence-corrected chi connectivity index (χ2v) is 20.7. The van der Waals surface area contributed by atoms with Crippen molar-refractivity contribution in [1.82, 2.24) is 49.7 Å². The van der Waals surface area contributed by atoms with Crippen LogP contribution >= 0.6 is 0 Å². The molecule has 68 heavy (non-hydrogen) atoms. The van der Waals surface area contributed by atoms with E-state index in [0.717, 1.165) is 101 Å². The molecule has 3 N–H and O–H groups in total. The Hall–Kier alpha value is -5.66. The molecule has 0 bridgehead atoms. The van der Waals surface area contributed by atoms with Crippen molar-refractivity contribution in [3.05, 3.63) is 65.4 Å². The van der Waals surface area contributed by atoms with Crippen molar-refractivity contribution in [3.8, 4) is 11.8 Å². The minimum Gasteiger partial charge on any atom is -0.378 e. The molecule has 21 heteroatoms. The summed E-state index contributed by atoms with van der Waals surface area (Å²) in [5.74, 6) is 5.91. The molecule has 2 saturated carbocycles. The molecular weight excluding hydrogens is 898 g/mol. The van der Waals surface area contributed by atoms with E-state index in [9.17, 15) is 27.3 Å². The number of imide groups is 1. The zero-order valence-corrected chi connectivity index (χ0v) is 39.1. The first kappa shape index (κ1) is 44.8. The zero-order valence-electron chi connectivity index (χ0n) is 37.7. The normalized spacial score (nSPS) is 25.2. The SMILES string of the molecule is O=C1CCC(c2nn(C3CC3)c3c(C#CCO[C@H]4CCN(C[C@H]5CC[C@H](n6cc(NC(=O)c7cnn8ccc(N9CC(NC%10COC%10)C9)nc78)c(C(F)F)n6)CC5)CC4[SiH2]F)cccc23)C(=O)N1. The number of carbonyl (C=O) groups is 3. The van der Waals surface area contributed by atoms with Crippen LogP contribution in [0.15, 0.2) is 42.9 Å². The molecule has 4 aromatic heterocycles. The Morgan fingerprint density at radius 2 is 1.82 bits per heavy atom. The van der Waals surface area contributed by atoms with Crippen LogP contribution in [0.2, 0.25) is 5.54 Å². The average molecular weight is 953 g/mol. The molecule has 3 amide bonds. The monoisotopic (exact) mass is 952 g/mol. The van der Waals surface area contributed by atoms with Gasteiger partial charge in [-0.15, -0.1) is 0 Å². The van der Waals surface area contributed by atoms with E-state index in [0.29, 0.717) is 48.1 Å². The Morgan fingerprint density at radius 3 is 2.57 bits per heavy atom. The lowest BCUT2D eigenvalue weighted by Crippen LogP contribution is -2.63. The van der Waals surface area contributed by atoms with Crippen LogP contribution in [0.4, 0.5) is 24.4 Å². The van der Waals surface area contributed by atoms with Crippen molar-refractivity contribution < 1.29 is 36.7 Å². The van der Waals surface area contributed by atoms with Gasteiger partial charge in [-0.25, -0.2) is 18.3 Å². The number of piperidine rings is 2. The van der Waals surface area contributed by atoms with Crippen molar-refractivity contribution >= 4 is 55.6 Å². The van der Waals surface area contributed by atoms with E-state index < -0.39 is 33.8 Å². The summed E-state index contributed by atoms with van der Waals surface area (Å²) in [5.41, 5.74) is 2.24. The van der Waals surface area contributed by atoms with Crippen molar-refractivity contribution in [1.29, 1.82) is 0 Å². The number of aromatic nitrogens is 7. The van der Waals surface area contributed by atoms with Gasteiger partial charge in [-0.2, -0.15) is 15.3 Å². The molecule has 6 fully saturated rings. The lowest BCUT2D eigenvalue weighted by Gasteiger charge is -2.43.